The van der Waals surface area contributed by atoms with Gasteiger partial charge in [-0.2, -0.15) is 0 Å². The Bertz CT molecular complexity index is 846. The molecule has 7 nitrogen and oxygen atoms in total. The van der Waals surface area contributed by atoms with Crippen LogP contribution >= 0.6 is 0 Å². The molecule has 0 aromatic heterocycles. The molecule has 0 unspecified atom stereocenters. The maximum absolute atomic E-state index is 12.2. The highest BCUT2D eigenvalue weighted by molar-refractivity contribution is 6.02. The molecule has 1 N–H and O–H groups in total. The van der Waals surface area contributed by atoms with Crippen LogP contribution in [-0.2, 0) is 14.3 Å². The molecule has 0 bridgehead atoms. The van der Waals surface area contributed by atoms with Crippen LogP contribution in [-0.4, -0.2) is 38.2 Å². The summed E-state index contributed by atoms with van der Waals surface area (Å²) in [5.74, 6) is -0.888. The van der Waals surface area contributed by atoms with Crippen molar-refractivity contribution >= 4 is 23.5 Å². The lowest BCUT2D eigenvalue weighted by Crippen LogP contribution is -2.22. The van der Waals surface area contributed by atoms with Gasteiger partial charge in [0.05, 0.1) is 30.5 Å². The van der Waals surface area contributed by atoms with E-state index in [4.69, 9.17) is 9.47 Å². The first kappa shape index (κ1) is 21.0. The van der Waals surface area contributed by atoms with E-state index in [-0.39, 0.29) is 16.8 Å². The van der Waals surface area contributed by atoms with E-state index in [1.807, 2.05) is 13.8 Å². The highest BCUT2D eigenvalue weighted by Gasteiger charge is 2.15. The van der Waals surface area contributed by atoms with Crippen molar-refractivity contribution < 1.29 is 28.6 Å². The zero-order valence-corrected chi connectivity index (χ0v) is 16.1. The van der Waals surface area contributed by atoms with Crippen LogP contribution in [0.25, 0.3) is 0 Å². The minimum atomic E-state index is -0.647. The SMILES string of the molecule is COC(=O)c1ccccc1NC(=O)COC(=O)c1cccc(OCC(C)C)c1. The molecule has 0 fully saturated rings. The quantitative estimate of drug-likeness (QED) is 0.701. The maximum atomic E-state index is 12.2. The van der Waals surface area contributed by atoms with E-state index < -0.39 is 24.5 Å². The summed E-state index contributed by atoms with van der Waals surface area (Å²) >= 11 is 0. The lowest BCUT2D eigenvalue weighted by Gasteiger charge is -2.11. The molecule has 0 aliphatic heterocycles. The van der Waals surface area contributed by atoms with E-state index in [0.717, 1.165) is 0 Å². The van der Waals surface area contributed by atoms with E-state index in [1.165, 1.54) is 13.2 Å². The van der Waals surface area contributed by atoms with Gasteiger partial charge >= 0.3 is 11.9 Å². The summed E-state index contributed by atoms with van der Waals surface area (Å²) in [6.07, 6.45) is 0. The van der Waals surface area contributed by atoms with Crippen LogP contribution in [0.4, 0.5) is 5.69 Å². The number of carbonyl (C=O) groups is 3. The van der Waals surface area contributed by atoms with Crippen molar-refractivity contribution in [2.24, 2.45) is 5.92 Å². The van der Waals surface area contributed by atoms with Crippen molar-refractivity contribution in [3.05, 3.63) is 59.7 Å². The Labute approximate surface area is 163 Å². The van der Waals surface area contributed by atoms with Gasteiger partial charge in [-0.05, 0) is 36.2 Å². The van der Waals surface area contributed by atoms with Gasteiger partial charge in [-0.25, -0.2) is 9.59 Å². The number of benzene rings is 2. The molecule has 2 aromatic carbocycles. The van der Waals surface area contributed by atoms with Gasteiger partial charge in [0.1, 0.15) is 5.75 Å². The second-order valence-corrected chi connectivity index (χ2v) is 6.39. The fourth-order valence-corrected chi connectivity index (χ4v) is 2.26. The average Bonchev–Trinajstić information content (AvgIpc) is 2.70. The molecule has 0 aliphatic rings. The molecule has 0 atom stereocenters. The molecule has 2 aromatic rings. The molecule has 0 spiro atoms. The standard InChI is InChI=1S/C21H23NO6/c1-14(2)12-27-16-8-6-7-15(11-16)20(24)28-13-19(23)22-18-10-5-4-9-17(18)21(25)26-3/h4-11,14H,12-13H2,1-3H3,(H,22,23). The molecule has 0 saturated carbocycles. The van der Waals surface area contributed by atoms with Gasteiger partial charge in [0.2, 0.25) is 0 Å². The van der Waals surface area contributed by atoms with Crippen molar-refractivity contribution in [2.45, 2.75) is 13.8 Å². The van der Waals surface area contributed by atoms with Crippen molar-refractivity contribution in [1.29, 1.82) is 0 Å². The molecule has 2 rings (SSSR count). The van der Waals surface area contributed by atoms with Crippen LogP contribution < -0.4 is 10.1 Å². The number of rotatable bonds is 8. The number of anilines is 1. The van der Waals surface area contributed by atoms with Gasteiger partial charge in [0, 0.05) is 0 Å². The molecule has 28 heavy (non-hydrogen) atoms. The molecule has 148 valence electrons. The number of ether oxygens (including phenoxy) is 3. The Hall–Kier alpha value is -3.35. The predicted molar refractivity (Wildman–Crippen MR) is 103 cm³/mol. The lowest BCUT2D eigenvalue weighted by atomic mass is 10.2. The van der Waals surface area contributed by atoms with Gasteiger partial charge < -0.3 is 19.5 Å². The summed E-state index contributed by atoms with van der Waals surface area (Å²) in [7, 11) is 1.25. The summed E-state index contributed by atoms with van der Waals surface area (Å²) < 4.78 is 15.3. The minimum absolute atomic E-state index is 0.208. The largest absolute Gasteiger partial charge is 0.493 e. The number of methoxy groups -OCH3 is 1. The summed E-state index contributed by atoms with van der Waals surface area (Å²) in [6.45, 7) is 4.08. The number of hydrogen-bond acceptors (Lipinski definition) is 6. The van der Waals surface area contributed by atoms with E-state index >= 15 is 0 Å². The van der Waals surface area contributed by atoms with E-state index in [2.05, 4.69) is 10.1 Å². The second kappa shape index (κ2) is 10.1. The molecule has 0 saturated heterocycles. The van der Waals surface area contributed by atoms with Crippen molar-refractivity contribution in [3.8, 4) is 5.75 Å². The van der Waals surface area contributed by atoms with Gasteiger partial charge in [-0.3, -0.25) is 4.79 Å². The van der Waals surface area contributed by atoms with Gasteiger partial charge in [0.15, 0.2) is 6.61 Å². The molecule has 0 radical (unpaired) electrons. The number of nitrogens with one attached hydrogen (secondary N) is 1. The molecule has 7 heteroatoms. The zero-order valence-electron chi connectivity index (χ0n) is 16.1. The lowest BCUT2D eigenvalue weighted by molar-refractivity contribution is -0.119. The van der Waals surface area contributed by atoms with Crippen LogP contribution in [0.5, 0.6) is 5.75 Å². The monoisotopic (exact) mass is 385 g/mol. The first-order chi connectivity index (χ1) is 13.4. The van der Waals surface area contributed by atoms with E-state index in [0.29, 0.717) is 18.3 Å². The highest BCUT2D eigenvalue weighted by Crippen LogP contribution is 2.17. The van der Waals surface area contributed by atoms with Gasteiger partial charge in [-0.1, -0.05) is 32.0 Å². The molecule has 0 aliphatic carbocycles. The summed E-state index contributed by atoms with van der Waals surface area (Å²) in [5, 5.41) is 2.54. The number of hydrogen-bond donors (Lipinski definition) is 1. The summed E-state index contributed by atoms with van der Waals surface area (Å²) in [6, 6.07) is 13.0. The second-order valence-electron chi connectivity index (χ2n) is 6.39. The number of esters is 2. The molecular weight excluding hydrogens is 362 g/mol. The Kier molecular flexibility index (Phi) is 7.56. The fourth-order valence-electron chi connectivity index (χ4n) is 2.26. The Morgan fingerprint density at radius 3 is 2.46 bits per heavy atom. The normalized spacial score (nSPS) is 10.3. The third kappa shape index (κ3) is 6.12. The van der Waals surface area contributed by atoms with Crippen LogP contribution in [0.1, 0.15) is 34.6 Å². The van der Waals surface area contributed by atoms with Crippen molar-refractivity contribution in [3.63, 3.8) is 0 Å². The first-order valence-electron chi connectivity index (χ1n) is 8.78. The number of carbonyl (C=O) groups excluding carboxylic acids is 3. The minimum Gasteiger partial charge on any atom is -0.493 e. The Morgan fingerprint density at radius 1 is 1.00 bits per heavy atom. The Morgan fingerprint density at radius 2 is 1.75 bits per heavy atom. The average molecular weight is 385 g/mol. The highest BCUT2D eigenvalue weighted by atomic mass is 16.5. The van der Waals surface area contributed by atoms with Crippen LogP contribution in [0.3, 0.4) is 0 Å². The maximum Gasteiger partial charge on any atom is 0.339 e. The number of para-hydroxylation sites is 1. The summed E-state index contributed by atoms with van der Waals surface area (Å²) in [4.78, 5) is 36.0. The summed E-state index contributed by atoms with van der Waals surface area (Å²) in [5.41, 5.74) is 0.767. The van der Waals surface area contributed by atoms with Crippen LogP contribution in [0.2, 0.25) is 0 Å². The van der Waals surface area contributed by atoms with E-state index in [1.54, 1.807) is 42.5 Å². The van der Waals surface area contributed by atoms with E-state index in [9.17, 15) is 14.4 Å². The van der Waals surface area contributed by atoms with Crippen LogP contribution in [0.15, 0.2) is 48.5 Å². The topological polar surface area (TPSA) is 90.9 Å². The van der Waals surface area contributed by atoms with Crippen molar-refractivity contribution in [2.75, 3.05) is 25.6 Å². The molecule has 1 amide bonds. The van der Waals surface area contributed by atoms with Crippen LogP contribution in [0, 0.1) is 5.92 Å². The third-order valence-electron chi connectivity index (χ3n) is 3.59. The van der Waals surface area contributed by atoms with Gasteiger partial charge in [0.25, 0.3) is 5.91 Å². The Balaban J connectivity index is 1.94. The van der Waals surface area contributed by atoms with Gasteiger partial charge in [-0.15, -0.1) is 0 Å². The third-order valence-corrected chi connectivity index (χ3v) is 3.59. The predicted octanol–water partition coefficient (Wildman–Crippen LogP) is 3.30. The smallest absolute Gasteiger partial charge is 0.339 e. The molecular formula is C21H23NO6. The molecule has 0 heterocycles. The fraction of sp³-hybridized carbons (Fsp3) is 0.286. The first-order valence-corrected chi connectivity index (χ1v) is 8.78. The zero-order chi connectivity index (χ0) is 20.5. The van der Waals surface area contributed by atoms with Crippen molar-refractivity contribution in [1.82, 2.24) is 0 Å². The number of amides is 1.